The summed E-state index contributed by atoms with van der Waals surface area (Å²) >= 11 is 1.60. The molecule has 18 heavy (non-hydrogen) atoms. The van der Waals surface area contributed by atoms with Gasteiger partial charge in [-0.3, -0.25) is 4.79 Å². The fourth-order valence-corrected chi connectivity index (χ4v) is 2.73. The molecule has 1 atom stereocenters. The van der Waals surface area contributed by atoms with E-state index in [4.69, 9.17) is 5.26 Å². The Kier molecular flexibility index (Phi) is 4.80. The number of thioether (sulfide) groups is 1. The monoisotopic (exact) mass is 262 g/mol. The molecule has 0 bridgehead atoms. The smallest absolute Gasteiger partial charge is 0.237 e. The molecule has 1 aromatic rings. The van der Waals surface area contributed by atoms with Gasteiger partial charge in [-0.05, 0) is 19.1 Å². The van der Waals surface area contributed by atoms with Crippen molar-refractivity contribution in [2.45, 2.75) is 37.7 Å². The first kappa shape index (κ1) is 14.6. The van der Waals surface area contributed by atoms with Gasteiger partial charge in [0.25, 0.3) is 0 Å². The van der Waals surface area contributed by atoms with E-state index >= 15 is 0 Å². The van der Waals surface area contributed by atoms with Crippen molar-refractivity contribution in [1.82, 2.24) is 0 Å². The van der Waals surface area contributed by atoms with Crippen LogP contribution in [0.25, 0.3) is 0 Å². The highest BCUT2D eigenvalue weighted by molar-refractivity contribution is 8.01. The summed E-state index contributed by atoms with van der Waals surface area (Å²) in [5.41, 5.74) is 1.06. The first-order valence-electron chi connectivity index (χ1n) is 5.81. The molecule has 0 saturated heterocycles. The number of hydrogen-bond donors (Lipinski definition) is 1. The Morgan fingerprint density at radius 2 is 2.00 bits per heavy atom. The summed E-state index contributed by atoms with van der Waals surface area (Å²) in [5.74, 6) is -0.0716. The van der Waals surface area contributed by atoms with Crippen molar-refractivity contribution < 1.29 is 4.79 Å². The molecule has 0 aromatic heterocycles. The van der Waals surface area contributed by atoms with Crippen molar-refractivity contribution in [1.29, 1.82) is 5.26 Å². The fraction of sp³-hybridized carbons (Fsp3) is 0.429. The van der Waals surface area contributed by atoms with Crippen LogP contribution in [-0.2, 0) is 4.79 Å². The standard InChI is InChI=1S/C14H18N2OS/c1-10(18-14(2,3)4)13(17)16-12-8-6-5-7-11(12)9-15/h5-8,10H,1-4H3,(H,16,17). The number of carbonyl (C=O) groups excluding carboxylic acids is 1. The summed E-state index contributed by atoms with van der Waals surface area (Å²) < 4.78 is 0.0332. The number of amides is 1. The molecule has 0 aliphatic carbocycles. The lowest BCUT2D eigenvalue weighted by Gasteiger charge is -2.22. The van der Waals surface area contributed by atoms with E-state index in [1.165, 1.54) is 0 Å². The summed E-state index contributed by atoms with van der Waals surface area (Å²) in [4.78, 5) is 12.0. The number of nitriles is 1. The second kappa shape index (κ2) is 5.92. The quantitative estimate of drug-likeness (QED) is 0.908. The van der Waals surface area contributed by atoms with Crippen LogP contribution in [-0.4, -0.2) is 15.9 Å². The predicted molar refractivity (Wildman–Crippen MR) is 76.6 cm³/mol. The average Bonchev–Trinajstić information content (AvgIpc) is 2.27. The van der Waals surface area contributed by atoms with E-state index in [1.807, 2.05) is 6.92 Å². The van der Waals surface area contributed by atoms with Crippen LogP contribution in [0.3, 0.4) is 0 Å². The normalized spacial score (nSPS) is 12.6. The second-order valence-electron chi connectivity index (χ2n) is 5.02. The van der Waals surface area contributed by atoms with Crippen molar-refractivity contribution in [3.63, 3.8) is 0 Å². The molecule has 0 saturated carbocycles. The molecule has 0 radical (unpaired) electrons. The zero-order valence-electron chi connectivity index (χ0n) is 11.2. The predicted octanol–water partition coefficient (Wildman–Crippen LogP) is 3.42. The van der Waals surface area contributed by atoms with Gasteiger partial charge in [0.05, 0.1) is 16.5 Å². The number of benzene rings is 1. The molecule has 0 fully saturated rings. The summed E-state index contributed by atoms with van der Waals surface area (Å²) in [5, 5.41) is 11.6. The zero-order chi connectivity index (χ0) is 13.8. The summed E-state index contributed by atoms with van der Waals surface area (Å²) in [6.07, 6.45) is 0. The number of anilines is 1. The van der Waals surface area contributed by atoms with Gasteiger partial charge >= 0.3 is 0 Å². The number of nitrogens with zero attached hydrogens (tertiary/aromatic N) is 1. The van der Waals surface area contributed by atoms with Gasteiger partial charge in [0.15, 0.2) is 0 Å². The van der Waals surface area contributed by atoms with Crippen molar-refractivity contribution in [2.24, 2.45) is 0 Å². The third kappa shape index (κ3) is 4.42. The van der Waals surface area contributed by atoms with Crippen molar-refractivity contribution in [3.8, 4) is 6.07 Å². The molecule has 1 aromatic carbocycles. The van der Waals surface area contributed by atoms with E-state index < -0.39 is 0 Å². The average molecular weight is 262 g/mol. The minimum Gasteiger partial charge on any atom is -0.324 e. The highest BCUT2D eigenvalue weighted by Crippen LogP contribution is 2.28. The van der Waals surface area contributed by atoms with Gasteiger partial charge in [0.2, 0.25) is 5.91 Å². The van der Waals surface area contributed by atoms with Crippen molar-refractivity contribution in [3.05, 3.63) is 29.8 Å². The van der Waals surface area contributed by atoms with Gasteiger partial charge in [-0.15, -0.1) is 11.8 Å². The molecule has 0 aliphatic heterocycles. The minimum atomic E-state index is -0.156. The van der Waals surface area contributed by atoms with Crippen LogP contribution in [0.2, 0.25) is 0 Å². The third-order valence-electron chi connectivity index (χ3n) is 2.20. The van der Waals surface area contributed by atoms with Crippen LogP contribution in [0.5, 0.6) is 0 Å². The maximum atomic E-state index is 12.0. The van der Waals surface area contributed by atoms with E-state index in [9.17, 15) is 4.79 Å². The van der Waals surface area contributed by atoms with Crippen LogP contribution in [0.1, 0.15) is 33.3 Å². The van der Waals surface area contributed by atoms with E-state index in [0.29, 0.717) is 11.3 Å². The molecular formula is C14H18N2OS. The lowest BCUT2D eigenvalue weighted by atomic mass is 10.2. The van der Waals surface area contributed by atoms with Crippen LogP contribution in [0.15, 0.2) is 24.3 Å². The van der Waals surface area contributed by atoms with Crippen LogP contribution in [0, 0.1) is 11.3 Å². The molecule has 3 nitrogen and oxygen atoms in total. The van der Waals surface area contributed by atoms with Crippen LogP contribution >= 0.6 is 11.8 Å². The zero-order valence-corrected chi connectivity index (χ0v) is 12.0. The van der Waals surface area contributed by atoms with Crippen LogP contribution < -0.4 is 5.32 Å². The molecule has 0 aliphatic rings. The molecule has 4 heteroatoms. The Balaban J connectivity index is 2.73. The SMILES string of the molecule is CC(SC(C)(C)C)C(=O)Nc1ccccc1C#N. The first-order valence-corrected chi connectivity index (χ1v) is 6.69. The van der Waals surface area contributed by atoms with Gasteiger partial charge in [-0.2, -0.15) is 5.26 Å². The Hall–Kier alpha value is -1.47. The number of rotatable bonds is 3. The second-order valence-corrected chi connectivity index (χ2v) is 7.19. The minimum absolute atomic E-state index is 0.0332. The Bertz CT molecular complexity index is 471. The molecule has 1 unspecified atom stereocenters. The molecule has 1 rings (SSSR count). The topological polar surface area (TPSA) is 52.9 Å². The third-order valence-corrected chi connectivity index (χ3v) is 3.48. The highest BCUT2D eigenvalue weighted by atomic mass is 32.2. The van der Waals surface area contributed by atoms with Gasteiger partial charge in [-0.25, -0.2) is 0 Å². The van der Waals surface area contributed by atoms with Gasteiger partial charge in [0, 0.05) is 4.75 Å². The highest BCUT2D eigenvalue weighted by Gasteiger charge is 2.21. The summed E-state index contributed by atoms with van der Waals surface area (Å²) in [6, 6.07) is 9.08. The molecule has 1 amide bonds. The van der Waals surface area contributed by atoms with E-state index in [1.54, 1.807) is 36.0 Å². The number of para-hydroxylation sites is 1. The maximum Gasteiger partial charge on any atom is 0.237 e. The van der Waals surface area contributed by atoms with Gasteiger partial charge in [0.1, 0.15) is 6.07 Å². The largest absolute Gasteiger partial charge is 0.324 e. The molecular weight excluding hydrogens is 244 g/mol. The van der Waals surface area contributed by atoms with Crippen molar-refractivity contribution in [2.75, 3.05) is 5.32 Å². The Labute approximate surface area is 113 Å². The van der Waals surface area contributed by atoms with E-state index in [2.05, 4.69) is 32.2 Å². The van der Waals surface area contributed by atoms with Gasteiger partial charge < -0.3 is 5.32 Å². The number of hydrogen-bond acceptors (Lipinski definition) is 3. The first-order chi connectivity index (χ1) is 8.33. The number of carbonyl (C=O) groups is 1. The lowest BCUT2D eigenvalue weighted by Crippen LogP contribution is -2.27. The maximum absolute atomic E-state index is 12.0. The van der Waals surface area contributed by atoms with Crippen molar-refractivity contribution >= 4 is 23.4 Å². The summed E-state index contributed by atoms with van der Waals surface area (Å²) in [7, 11) is 0. The molecule has 1 N–H and O–H groups in total. The van der Waals surface area contributed by atoms with E-state index in [-0.39, 0.29) is 15.9 Å². The Morgan fingerprint density at radius 3 is 2.56 bits per heavy atom. The Morgan fingerprint density at radius 1 is 1.39 bits per heavy atom. The number of nitrogens with one attached hydrogen (secondary N) is 1. The van der Waals surface area contributed by atoms with Gasteiger partial charge in [-0.1, -0.05) is 32.9 Å². The fourth-order valence-electron chi connectivity index (χ4n) is 1.51. The molecule has 0 spiro atoms. The lowest BCUT2D eigenvalue weighted by molar-refractivity contribution is -0.115. The molecule has 0 heterocycles. The molecule has 96 valence electrons. The summed E-state index contributed by atoms with van der Waals surface area (Å²) in [6.45, 7) is 8.10. The van der Waals surface area contributed by atoms with E-state index in [0.717, 1.165) is 0 Å². The van der Waals surface area contributed by atoms with Crippen LogP contribution in [0.4, 0.5) is 5.69 Å².